The van der Waals surface area contributed by atoms with E-state index in [1.807, 2.05) is 30.3 Å². The zero-order chi connectivity index (χ0) is 12.0. The van der Waals surface area contributed by atoms with E-state index >= 15 is 0 Å². The molecule has 16 heavy (non-hydrogen) atoms. The minimum atomic E-state index is -0.645. The molecule has 1 unspecified atom stereocenters. The second kappa shape index (κ2) is 6.25. The van der Waals surface area contributed by atoms with E-state index in [-0.39, 0.29) is 5.91 Å². The Bertz CT molecular complexity index is 327. The monoisotopic (exact) mass is 222 g/mol. The summed E-state index contributed by atoms with van der Waals surface area (Å²) in [4.78, 5) is 12.9. The van der Waals surface area contributed by atoms with Gasteiger partial charge < -0.3 is 15.7 Å². The molecule has 0 saturated carbocycles. The van der Waals surface area contributed by atoms with Crippen LogP contribution in [0.1, 0.15) is 18.1 Å². The number of carbonyl (C=O) groups is 1. The number of carbonyl (C=O) groups excluding carboxylic acids is 1. The Labute approximate surface area is 95.7 Å². The fraction of sp³-hybridized carbons (Fsp3) is 0.417. The molecule has 1 amide bonds. The van der Waals surface area contributed by atoms with Gasteiger partial charge in [0.15, 0.2) is 0 Å². The van der Waals surface area contributed by atoms with Gasteiger partial charge in [0.25, 0.3) is 0 Å². The van der Waals surface area contributed by atoms with E-state index in [0.717, 1.165) is 5.56 Å². The summed E-state index contributed by atoms with van der Waals surface area (Å²) in [6.07, 6.45) is -0.328. The number of benzene rings is 1. The first kappa shape index (κ1) is 12.7. The van der Waals surface area contributed by atoms with Crippen LogP contribution in [0.2, 0.25) is 0 Å². The van der Waals surface area contributed by atoms with Crippen molar-refractivity contribution in [2.45, 2.75) is 12.5 Å². The summed E-state index contributed by atoms with van der Waals surface area (Å²) >= 11 is 0. The molecule has 0 aliphatic heterocycles. The Morgan fingerprint density at radius 3 is 2.62 bits per heavy atom. The van der Waals surface area contributed by atoms with Crippen molar-refractivity contribution in [2.24, 2.45) is 5.73 Å². The maximum absolute atomic E-state index is 11.4. The van der Waals surface area contributed by atoms with Crippen LogP contribution in [0.25, 0.3) is 0 Å². The molecule has 0 heterocycles. The molecule has 0 aliphatic rings. The number of aliphatic hydroxyl groups excluding tert-OH is 1. The second-order valence-electron chi connectivity index (χ2n) is 3.74. The fourth-order valence-electron chi connectivity index (χ4n) is 1.46. The SMILES string of the molecule is CN(CC(O)c1ccccc1)C(=O)CCN. The lowest BCUT2D eigenvalue weighted by Crippen LogP contribution is -2.32. The molecule has 88 valence electrons. The predicted octanol–water partition coefficient (Wildman–Crippen LogP) is 0.527. The van der Waals surface area contributed by atoms with Gasteiger partial charge in [0.2, 0.25) is 5.91 Å². The Hall–Kier alpha value is -1.39. The van der Waals surface area contributed by atoms with E-state index in [9.17, 15) is 9.90 Å². The van der Waals surface area contributed by atoms with Crippen LogP contribution in [0.15, 0.2) is 30.3 Å². The average Bonchev–Trinajstić information content (AvgIpc) is 2.30. The molecule has 4 heteroatoms. The van der Waals surface area contributed by atoms with Gasteiger partial charge in [-0.1, -0.05) is 30.3 Å². The Morgan fingerprint density at radius 2 is 2.06 bits per heavy atom. The number of aliphatic hydroxyl groups is 1. The Morgan fingerprint density at radius 1 is 1.44 bits per heavy atom. The van der Waals surface area contributed by atoms with Crippen molar-refractivity contribution >= 4 is 5.91 Å². The first-order valence-corrected chi connectivity index (χ1v) is 5.32. The van der Waals surface area contributed by atoms with Crippen molar-refractivity contribution in [3.63, 3.8) is 0 Å². The fourth-order valence-corrected chi connectivity index (χ4v) is 1.46. The van der Waals surface area contributed by atoms with Crippen LogP contribution >= 0.6 is 0 Å². The number of hydrogen-bond acceptors (Lipinski definition) is 3. The lowest BCUT2D eigenvalue weighted by Gasteiger charge is -2.20. The van der Waals surface area contributed by atoms with E-state index in [1.54, 1.807) is 7.05 Å². The van der Waals surface area contributed by atoms with Crippen molar-refractivity contribution in [2.75, 3.05) is 20.1 Å². The summed E-state index contributed by atoms with van der Waals surface area (Å²) < 4.78 is 0. The third kappa shape index (κ3) is 3.64. The number of hydrogen-bond donors (Lipinski definition) is 2. The number of rotatable bonds is 5. The van der Waals surface area contributed by atoms with Gasteiger partial charge in [-0.05, 0) is 5.56 Å². The smallest absolute Gasteiger partial charge is 0.223 e. The van der Waals surface area contributed by atoms with Gasteiger partial charge >= 0.3 is 0 Å². The molecule has 0 saturated heterocycles. The summed E-state index contributed by atoms with van der Waals surface area (Å²) in [7, 11) is 1.67. The molecule has 1 aromatic carbocycles. The molecule has 4 nitrogen and oxygen atoms in total. The van der Waals surface area contributed by atoms with Gasteiger partial charge in [0.1, 0.15) is 0 Å². The standard InChI is InChI=1S/C12H18N2O2/c1-14(12(16)7-8-13)9-11(15)10-5-3-2-4-6-10/h2-6,11,15H,7-9,13H2,1H3. The molecule has 1 aromatic rings. The third-order valence-electron chi connectivity index (χ3n) is 2.42. The van der Waals surface area contributed by atoms with Gasteiger partial charge in [-0.15, -0.1) is 0 Å². The zero-order valence-electron chi connectivity index (χ0n) is 9.47. The highest BCUT2D eigenvalue weighted by atomic mass is 16.3. The molecule has 1 rings (SSSR count). The Balaban J connectivity index is 2.51. The number of nitrogens with two attached hydrogens (primary N) is 1. The summed E-state index contributed by atoms with van der Waals surface area (Å²) in [6, 6.07) is 9.29. The van der Waals surface area contributed by atoms with Crippen LogP contribution in [0, 0.1) is 0 Å². The van der Waals surface area contributed by atoms with Crippen molar-refractivity contribution < 1.29 is 9.90 Å². The Kier molecular flexibility index (Phi) is 4.95. The summed E-state index contributed by atoms with van der Waals surface area (Å²) in [6.45, 7) is 0.632. The lowest BCUT2D eigenvalue weighted by atomic mass is 10.1. The third-order valence-corrected chi connectivity index (χ3v) is 2.42. The molecule has 0 bridgehead atoms. The lowest BCUT2D eigenvalue weighted by molar-refractivity contribution is -0.131. The van der Waals surface area contributed by atoms with Crippen LogP contribution in [0.5, 0.6) is 0 Å². The first-order chi connectivity index (χ1) is 7.65. The molecule has 0 aromatic heterocycles. The number of nitrogens with zero attached hydrogens (tertiary/aromatic N) is 1. The topological polar surface area (TPSA) is 66.6 Å². The van der Waals surface area contributed by atoms with Gasteiger partial charge in [0.05, 0.1) is 12.6 Å². The van der Waals surface area contributed by atoms with E-state index in [2.05, 4.69) is 0 Å². The summed E-state index contributed by atoms with van der Waals surface area (Å²) in [5.41, 5.74) is 6.11. The van der Waals surface area contributed by atoms with Gasteiger partial charge in [-0.3, -0.25) is 4.79 Å². The van der Waals surface area contributed by atoms with Crippen molar-refractivity contribution in [1.29, 1.82) is 0 Å². The van der Waals surface area contributed by atoms with E-state index < -0.39 is 6.10 Å². The minimum Gasteiger partial charge on any atom is -0.387 e. The van der Waals surface area contributed by atoms with Crippen molar-refractivity contribution in [3.8, 4) is 0 Å². The predicted molar refractivity (Wildman–Crippen MR) is 62.7 cm³/mol. The average molecular weight is 222 g/mol. The molecule has 0 fully saturated rings. The van der Waals surface area contributed by atoms with Crippen molar-refractivity contribution in [1.82, 2.24) is 4.90 Å². The first-order valence-electron chi connectivity index (χ1n) is 5.32. The van der Waals surface area contributed by atoms with E-state index in [1.165, 1.54) is 4.90 Å². The number of likely N-dealkylation sites (N-methyl/N-ethyl adjacent to an activating group) is 1. The van der Waals surface area contributed by atoms with E-state index in [0.29, 0.717) is 19.5 Å². The summed E-state index contributed by atoms with van der Waals surface area (Å²) in [5.74, 6) is -0.0440. The highest BCUT2D eigenvalue weighted by Crippen LogP contribution is 2.13. The van der Waals surface area contributed by atoms with Crippen LogP contribution in [0.3, 0.4) is 0 Å². The second-order valence-corrected chi connectivity index (χ2v) is 3.74. The van der Waals surface area contributed by atoms with Gasteiger partial charge in [-0.25, -0.2) is 0 Å². The summed E-state index contributed by atoms with van der Waals surface area (Å²) in [5, 5.41) is 9.88. The minimum absolute atomic E-state index is 0.0440. The molecule has 0 radical (unpaired) electrons. The molecule has 0 aliphatic carbocycles. The maximum Gasteiger partial charge on any atom is 0.223 e. The maximum atomic E-state index is 11.4. The van der Waals surface area contributed by atoms with Crippen LogP contribution < -0.4 is 5.73 Å². The molecule has 3 N–H and O–H groups in total. The van der Waals surface area contributed by atoms with Gasteiger partial charge in [-0.2, -0.15) is 0 Å². The molecule has 0 spiro atoms. The van der Waals surface area contributed by atoms with Crippen LogP contribution in [0.4, 0.5) is 0 Å². The highest BCUT2D eigenvalue weighted by molar-refractivity contribution is 5.76. The van der Waals surface area contributed by atoms with Crippen LogP contribution in [-0.4, -0.2) is 36.1 Å². The van der Waals surface area contributed by atoms with Gasteiger partial charge in [0, 0.05) is 20.0 Å². The quantitative estimate of drug-likeness (QED) is 0.763. The van der Waals surface area contributed by atoms with E-state index in [4.69, 9.17) is 5.73 Å². The molecular formula is C12H18N2O2. The largest absolute Gasteiger partial charge is 0.387 e. The number of amides is 1. The zero-order valence-corrected chi connectivity index (χ0v) is 9.47. The van der Waals surface area contributed by atoms with Crippen LogP contribution in [-0.2, 0) is 4.79 Å². The normalized spacial score (nSPS) is 12.2. The highest BCUT2D eigenvalue weighted by Gasteiger charge is 2.13. The molecule has 1 atom stereocenters. The molecular weight excluding hydrogens is 204 g/mol. The van der Waals surface area contributed by atoms with Crippen molar-refractivity contribution in [3.05, 3.63) is 35.9 Å².